The Morgan fingerprint density at radius 2 is 1.38 bits per heavy atom. The van der Waals surface area contributed by atoms with Gasteiger partial charge < -0.3 is 39.9 Å². The minimum Gasteiger partial charge on any atom is -0.453 e. The van der Waals surface area contributed by atoms with E-state index in [4.69, 9.17) is 4.74 Å². The van der Waals surface area contributed by atoms with Crippen molar-refractivity contribution in [2.45, 2.75) is 57.7 Å². The second kappa shape index (κ2) is 16.5. The minimum absolute atomic E-state index is 0.103. The Kier molecular flexibility index (Phi) is 11.4. The summed E-state index contributed by atoms with van der Waals surface area (Å²) in [4.78, 5) is 68.8. The molecule has 2 aliphatic heterocycles. The molecule has 2 fully saturated rings. The normalized spacial score (nSPS) is 17.2. The molecular weight excluding hydrogens is 676 g/mol. The Balaban J connectivity index is 1.07. The third-order valence-corrected chi connectivity index (χ3v) is 9.65. The number of aromatic nitrogens is 4. The highest BCUT2D eigenvalue weighted by molar-refractivity contribution is 5.86. The molecule has 4 heterocycles. The summed E-state index contributed by atoms with van der Waals surface area (Å²) in [6, 6.07) is 15.1. The molecule has 53 heavy (non-hydrogen) atoms. The van der Waals surface area contributed by atoms with Crippen molar-refractivity contribution >= 4 is 24.0 Å². The smallest absolute Gasteiger partial charge is 0.407 e. The summed E-state index contributed by atoms with van der Waals surface area (Å²) in [5, 5.41) is 5.13. The minimum atomic E-state index is -0.686. The van der Waals surface area contributed by atoms with Gasteiger partial charge in [-0.3, -0.25) is 9.59 Å². The molecule has 276 valence electrons. The summed E-state index contributed by atoms with van der Waals surface area (Å²) < 4.78 is 9.30. The number of benzene rings is 2. The lowest BCUT2D eigenvalue weighted by Crippen LogP contribution is -2.51. The Morgan fingerprint density at radius 3 is 2.04 bits per heavy atom. The van der Waals surface area contributed by atoms with Crippen LogP contribution in [0.5, 0.6) is 0 Å². The van der Waals surface area contributed by atoms with Crippen molar-refractivity contribution < 1.29 is 28.7 Å². The van der Waals surface area contributed by atoms with Gasteiger partial charge in [0.15, 0.2) is 0 Å². The van der Waals surface area contributed by atoms with E-state index in [0.717, 1.165) is 59.5 Å². The summed E-state index contributed by atoms with van der Waals surface area (Å²) in [6.45, 7) is 4.85. The van der Waals surface area contributed by atoms with Gasteiger partial charge in [-0.15, -0.1) is 0 Å². The number of likely N-dealkylation sites (tertiary alicyclic amines) is 2. The first-order valence-electron chi connectivity index (χ1n) is 17.7. The van der Waals surface area contributed by atoms with Crippen molar-refractivity contribution in [1.82, 2.24) is 40.4 Å². The predicted octanol–water partition coefficient (Wildman–Crippen LogP) is 4.93. The second-order valence-electron chi connectivity index (χ2n) is 13.4. The molecule has 4 aromatic rings. The van der Waals surface area contributed by atoms with Crippen molar-refractivity contribution in [1.29, 1.82) is 0 Å². The molecule has 0 bridgehead atoms. The van der Waals surface area contributed by atoms with Gasteiger partial charge in [0.25, 0.3) is 0 Å². The van der Waals surface area contributed by atoms with Gasteiger partial charge in [0.2, 0.25) is 11.8 Å². The topological polar surface area (TPSA) is 175 Å². The first-order chi connectivity index (χ1) is 25.6. The van der Waals surface area contributed by atoms with Crippen LogP contribution in [-0.4, -0.2) is 93.6 Å². The van der Waals surface area contributed by atoms with Gasteiger partial charge in [-0.05, 0) is 66.3 Å². The molecule has 2 saturated heterocycles. The van der Waals surface area contributed by atoms with Crippen LogP contribution in [0.15, 0.2) is 60.9 Å². The van der Waals surface area contributed by atoms with E-state index in [1.165, 1.54) is 14.2 Å². The number of methoxy groups -OCH3 is 2. The number of hydrogen-bond donors (Lipinski definition) is 4. The summed E-state index contributed by atoms with van der Waals surface area (Å²) >= 11 is 0. The molecule has 0 spiro atoms. The van der Waals surface area contributed by atoms with Crippen molar-refractivity contribution in [2.75, 3.05) is 33.9 Å². The molecule has 3 atom stereocenters. The number of ether oxygens (including phenoxy) is 2. The number of imidazole rings is 2. The van der Waals surface area contributed by atoms with Crippen LogP contribution in [0, 0.1) is 17.8 Å². The van der Waals surface area contributed by atoms with Crippen LogP contribution < -0.4 is 10.6 Å². The van der Waals surface area contributed by atoms with Crippen LogP contribution in [0.25, 0.3) is 22.4 Å². The molecule has 0 saturated carbocycles. The number of nitrogens with one attached hydrogen (secondary N) is 4. The van der Waals surface area contributed by atoms with Gasteiger partial charge >= 0.3 is 12.2 Å². The molecule has 0 unspecified atom stereocenters. The van der Waals surface area contributed by atoms with Crippen LogP contribution in [-0.2, 0) is 19.1 Å². The number of nitrogens with zero attached hydrogens (tertiary/aromatic N) is 4. The molecule has 2 aromatic carbocycles. The van der Waals surface area contributed by atoms with Crippen LogP contribution >= 0.6 is 0 Å². The summed E-state index contributed by atoms with van der Waals surface area (Å²) in [6.07, 6.45) is 5.44. The molecule has 4 amide bonds. The zero-order valence-electron chi connectivity index (χ0n) is 30.3. The average Bonchev–Trinajstić information content (AvgIpc) is 4.02. The summed E-state index contributed by atoms with van der Waals surface area (Å²) in [7, 11) is 2.54. The van der Waals surface area contributed by atoms with Crippen LogP contribution in [0.2, 0.25) is 0 Å². The fourth-order valence-electron chi connectivity index (χ4n) is 6.81. The zero-order valence-corrected chi connectivity index (χ0v) is 30.3. The van der Waals surface area contributed by atoms with Crippen molar-refractivity contribution in [3.8, 4) is 34.2 Å². The molecule has 6 rings (SSSR count). The Labute approximate surface area is 308 Å². The molecule has 0 radical (unpaired) electrons. The third kappa shape index (κ3) is 8.52. The Morgan fingerprint density at radius 1 is 0.792 bits per heavy atom. The maximum Gasteiger partial charge on any atom is 0.407 e. The van der Waals surface area contributed by atoms with E-state index in [2.05, 4.69) is 59.3 Å². The highest BCUT2D eigenvalue weighted by atomic mass is 16.5. The highest BCUT2D eigenvalue weighted by Gasteiger charge is 2.37. The molecule has 2 aliphatic rings. The SMILES string of the molecule is COC(=O)NCC(=O)N1CCC[C@H]1c1ncc(C#Cc2ccc(-c3ccc(-c4cnc([C@@H]5CCCN5C(=O)[C@@H](NC(=O)OC)C(C)C)[nH]4)cc3)cc2)[nH]1. The third-order valence-electron chi connectivity index (χ3n) is 9.65. The van der Waals surface area contributed by atoms with Crippen LogP contribution in [0.3, 0.4) is 0 Å². The van der Waals surface area contributed by atoms with E-state index in [-0.39, 0.29) is 36.4 Å². The zero-order chi connectivity index (χ0) is 37.5. The maximum absolute atomic E-state index is 13.5. The first-order valence-corrected chi connectivity index (χ1v) is 17.7. The largest absolute Gasteiger partial charge is 0.453 e. The first kappa shape index (κ1) is 36.7. The second-order valence-corrected chi connectivity index (χ2v) is 13.4. The number of aromatic amines is 2. The number of H-pyrrole nitrogens is 2. The van der Waals surface area contributed by atoms with E-state index >= 15 is 0 Å². The van der Waals surface area contributed by atoms with Gasteiger partial charge in [0, 0.05) is 18.7 Å². The quantitative estimate of drug-likeness (QED) is 0.176. The van der Waals surface area contributed by atoms with E-state index in [1.54, 1.807) is 22.2 Å². The Hall–Kier alpha value is -6.10. The number of rotatable bonds is 9. The van der Waals surface area contributed by atoms with Gasteiger partial charge in [0.05, 0.1) is 44.4 Å². The lowest BCUT2D eigenvalue weighted by atomic mass is 10.0. The lowest BCUT2D eigenvalue weighted by molar-refractivity contribution is -0.135. The van der Waals surface area contributed by atoms with Crippen LogP contribution in [0.4, 0.5) is 9.59 Å². The number of hydrogen-bond acceptors (Lipinski definition) is 8. The van der Waals surface area contributed by atoms with Crippen molar-refractivity contribution in [2.24, 2.45) is 5.92 Å². The molecule has 14 heteroatoms. The Bertz CT molecular complexity index is 1990. The van der Waals surface area contributed by atoms with E-state index < -0.39 is 18.2 Å². The average molecular weight is 721 g/mol. The number of carbonyl (C=O) groups is 4. The fourth-order valence-corrected chi connectivity index (χ4v) is 6.81. The molecular formula is C39H44N8O6. The summed E-state index contributed by atoms with van der Waals surface area (Å²) in [5.74, 6) is 7.27. The van der Waals surface area contributed by atoms with Gasteiger partial charge in [-0.1, -0.05) is 56.2 Å². The lowest BCUT2D eigenvalue weighted by Gasteiger charge is -2.30. The van der Waals surface area contributed by atoms with Gasteiger partial charge in [0.1, 0.15) is 29.9 Å². The monoisotopic (exact) mass is 720 g/mol. The highest BCUT2D eigenvalue weighted by Crippen LogP contribution is 2.33. The molecule has 0 aliphatic carbocycles. The van der Waals surface area contributed by atoms with Crippen molar-refractivity contribution in [3.63, 3.8) is 0 Å². The molecule has 2 aromatic heterocycles. The number of amides is 4. The molecule has 4 N–H and O–H groups in total. The maximum atomic E-state index is 13.5. The number of carbonyl (C=O) groups excluding carboxylic acids is 4. The van der Waals surface area contributed by atoms with E-state index in [0.29, 0.717) is 24.6 Å². The fraction of sp³-hybridized carbons (Fsp3) is 0.385. The van der Waals surface area contributed by atoms with Crippen LogP contribution in [0.1, 0.15) is 74.5 Å². The van der Waals surface area contributed by atoms with Gasteiger partial charge in [-0.25, -0.2) is 19.6 Å². The van der Waals surface area contributed by atoms with E-state index in [9.17, 15) is 19.2 Å². The summed E-state index contributed by atoms with van der Waals surface area (Å²) in [5.41, 5.74) is 5.42. The van der Waals surface area contributed by atoms with Gasteiger partial charge in [-0.2, -0.15) is 0 Å². The standard InChI is InChI=1S/C39H44N8O6/c1-24(2)34(45-39(51)53-4)37(49)47-20-6-8-32(47)36-41-22-30(44-36)28-16-14-27(15-17-28)26-12-9-25(10-13-26)11-18-29-21-40-35(43-29)31-7-5-19-46(31)33(48)23-42-38(50)52-3/h9-10,12-17,21-22,24,31-32,34H,5-8,19-20,23H2,1-4H3,(H,40,43)(H,41,44)(H,42,50)(H,45,51)/t31-,32-,34-/m0/s1. The molecule has 14 nitrogen and oxygen atoms in total. The van der Waals surface area contributed by atoms with Crippen molar-refractivity contribution in [3.05, 3.63) is 83.8 Å². The predicted molar refractivity (Wildman–Crippen MR) is 196 cm³/mol. The van der Waals surface area contributed by atoms with E-state index in [1.807, 2.05) is 50.2 Å². The number of alkyl carbamates (subject to hydrolysis) is 2.